The molecule has 0 aliphatic rings. The Morgan fingerprint density at radius 1 is 1.29 bits per heavy atom. The predicted octanol–water partition coefficient (Wildman–Crippen LogP) is 2.56. The van der Waals surface area contributed by atoms with Gasteiger partial charge in [-0.1, -0.05) is 6.07 Å². The molecule has 0 saturated carbocycles. The van der Waals surface area contributed by atoms with Gasteiger partial charge in [-0.2, -0.15) is 5.26 Å². The first kappa shape index (κ1) is 17.2. The summed E-state index contributed by atoms with van der Waals surface area (Å²) in [5.74, 6) is 1.31. The molecule has 0 aliphatic heterocycles. The summed E-state index contributed by atoms with van der Waals surface area (Å²) in [6.45, 7) is 0.394. The molecule has 0 spiro atoms. The van der Waals surface area contributed by atoms with Gasteiger partial charge in [0.1, 0.15) is 17.4 Å². The van der Waals surface area contributed by atoms with Gasteiger partial charge in [0.15, 0.2) is 11.5 Å². The molecule has 0 fully saturated rings. The highest BCUT2D eigenvalue weighted by Gasteiger charge is 2.10. The molecule has 2 aromatic rings. The maximum atomic E-state index is 12.0. The topological polar surface area (TPSA) is 84.5 Å². The Bertz CT molecular complexity index is 758. The Kier molecular flexibility index (Phi) is 6.03. The van der Waals surface area contributed by atoms with Gasteiger partial charge in [-0.25, -0.2) is 0 Å². The van der Waals surface area contributed by atoms with Crippen LogP contribution in [-0.2, 0) is 11.2 Å². The molecule has 0 bridgehead atoms. The summed E-state index contributed by atoms with van der Waals surface area (Å²) >= 11 is 0. The number of furan rings is 1. The fourth-order valence-electron chi connectivity index (χ4n) is 2.12. The third kappa shape index (κ3) is 4.40. The number of carbonyl (C=O) groups excluding carboxylic acids is 1. The summed E-state index contributed by atoms with van der Waals surface area (Å²) in [7, 11) is 3.15. The largest absolute Gasteiger partial charge is 0.493 e. The van der Waals surface area contributed by atoms with E-state index in [9.17, 15) is 4.79 Å². The van der Waals surface area contributed by atoms with Crippen molar-refractivity contribution in [2.75, 3.05) is 20.8 Å². The quantitative estimate of drug-likeness (QED) is 0.624. The number of nitrogens with one attached hydrogen (secondary N) is 1. The molecule has 124 valence electrons. The van der Waals surface area contributed by atoms with Gasteiger partial charge in [0, 0.05) is 12.6 Å². The summed E-state index contributed by atoms with van der Waals surface area (Å²) in [5.41, 5.74) is 0.985. The minimum absolute atomic E-state index is 0.00254. The zero-order valence-electron chi connectivity index (χ0n) is 13.5. The summed E-state index contributed by atoms with van der Waals surface area (Å²) < 4.78 is 15.5. The highest BCUT2D eigenvalue weighted by atomic mass is 16.5. The monoisotopic (exact) mass is 326 g/mol. The number of rotatable bonds is 7. The van der Waals surface area contributed by atoms with Crippen molar-refractivity contribution in [2.45, 2.75) is 6.42 Å². The van der Waals surface area contributed by atoms with E-state index in [2.05, 4.69) is 5.32 Å². The van der Waals surface area contributed by atoms with Gasteiger partial charge in [0.05, 0.1) is 20.5 Å². The number of hydrogen-bond donors (Lipinski definition) is 1. The molecule has 1 N–H and O–H groups in total. The van der Waals surface area contributed by atoms with Crippen molar-refractivity contribution in [3.05, 3.63) is 53.5 Å². The first-order valence-electron chi connectivity index (χ1n) is 7.32. The van der Waals surface area contributed by atoms with Crippen molar-refractivity contribution in [3.63, 3.8) is 0 Å². The molecule has 2 rings (SSSR count). The molecular formula is C18H18N2O4. The van der Waals surface area contributed by atoms with Crippen LogP contribution in [0.3, 0.4) is 0 Å². The van der Waals surface area contributed by atoms with E-state index in [1.807, 2.05) is 24.3 Å². The van der Waals surface area contributed by atoms with Gasteiger partial charge >= 0.3 is 0 Å². The van der Waals surface area contributed by atoms with Crippen molar-refractivity contribution >= 4 is 12.0 Å². The van der Waals surface area contributed by atoms with Crippen LogP contribution in [0.15, 0.2) is 46.6 Å². The second kappa shape index (κ2) is 8.44. The lowest BCUT2D eigenvalue weighted by molar-refractivity contribution is -0.117. The Hall–Kier alpha value is -3.20. The molecule has 6 heteroatoms. The van der Waals surface area contributed by atoms with E-state index in [4.69, 9.17) is 19.2 Å². The van der Waals surface area contributed by atoms with Crippen LogP contribution in [0.4, 0.5) is 0 Å². The Morgan fingerprint density at radius 2 is 2.08 bits per heavy atom. The van der Waals surface area contributed by atoms with Crippen LogP contribution < -0.4 is 14.8 Å². The Balaban J connectivity index is 1.94. The molecule has 0 aliphatic carbocycles. The molecule has 1 aromatic carbocycles. The number of carbonyl (C=O) groups is 1. The van der Waals surface area contributed by atoms with Gasteiger partial charge in [0.2, 0.25) is 0 Å². The molecule has 1 amide bonds. The smallest absolute Gasteiger partial charge is 0.262 e. The van der Waals surface area contributed by atoms with Crippen LogP contribution in [0.5, 0.6) is 11.5 Å². The first-order chi connectivity index (χ1) is 11.7. The summed E-state index contributed by atoms with van der Waals surface area (Å²) in [5, 5.41) is 11.8. The molecule has 0 unspecified atom stereocenters. The molecule has 1 aromatic heterocycles. The lowest BCUT2D eigenvalue weighted by Crippen LogP contribution is -2.26. The first-order valence-corrected chi connectivity index (χ1v) is 7.32. The van der Waals surface area contributed by atoms with Crippen LogP contribution >= 0.6 is 0 Å². The third-order valence-corrected chi connectivity index (χ3v) is 3.34. The number of hydrogen-bond acceptors (Lipinski definition) is 5. The van der Waals surface area contributed by atoms with E-state index in [1.165, 1.54) is 12.3 Å². The standard InChI is InChI=1S/C18H18N2O4/c1-22-16-6-5-13(10-17(16)23-2)7-8-20-18(21)14(12-19)11-15-4-3-9-24-15/h3-6,9-11H,7-8H2,1-2H3,(H,20,21)/b14-11+. The summed E-state index contributed by atoms with van der Waals surface area (Å²) in [6, 6.07) is 10.8. The lowest BCUT2D eigenvalue weighted by atomic mass is 10.1. The van der Waals surface area contributed by atoms with E-state index in [0.29, 0.717) is 30.2 Å². The zero-order valence-corrected chi connectivity index (χ0v) is 13.5. The average Bonchev–Trinajstić information content (AvgIpc) is 3.12. The highest BCUT2D eigenvalue weighted by Crippen LogP contribution is 2.27. The van der Waals surface area contributed by atoms with Crippen molar-refractivity contribution in [1.82, 2.24) is 5.32 Å². The lowest BCUT2D eigenvalue weighted by Gasteiger charge is -2.10. The second-order valence-electron chi connectivity index (χ2n) is 4.88. The Labute approximate surface area is 140 Å². The van der Waals surface area contributed by atoms with Crippen LogP contribution in [0.25, 0.3) is 6.08 Å². The minimum Gasteiger partial charge on any atom is -0.493 e. The average molecular weight is 326 g/mol. The highest BCUT2D eigenvalue weighted by molar-refractivity contribution is 6.01. The summed E-state index contributed by atoms with van der Waals surface area (Å²) in [4.78, 5) is 12.0. The van der Waals surface area contributed by atoms with Gasteiger partial charge in [0.25, 0.3) is 5.91 Å². The molecule has 6 nitrogen and oxygen atoms in total. The van der Waals surface area contributed by atoms with E-state index >= 15 is 0 Å². The van der Waals surface area contributed by atoms with Crippen LogP contribution in [0.2, 0.25) is 0 Å². The van der Waals surface area contributed by atoms with Crippen molar-refractivity contribution in [3.8, 4) is 17.6 Å². The van der Waals surface area contributed by atoms with Crippen LogP contribution in [-0.4, -0.2) is 26.7 Å². The third-order valence-electron chi connectivity index (χ3n) is 3.34. The molecule has 0 atom stereocenters. The molecule has 0 radical (unpaired) electrons. The fraction of sp³-hybridized carbons (Fsp3) is 0.222. The van der Waals surface area contributed by atoms with Gasteiger partial charge in [-0.3, -0.25) is 4.79 Å². The van der Waals surface area contributed by atoms with Crippen molar-refractivity contribution in [1.29, 1.82) is 5.26 Å². The second-order valence-corrected chi connectivity index (χ2v) is 4.88. The zero-order chi connectivity index (χ0) is 17.4. The number of benzene rings is 1. The van der Waals surface area contributed by atoms with Gasteiger partial charge < -0.3 is 19.2 Å². The van der Waals surface area contributed by atoms with Gasteiger partial charge in [-0.05, 0) is 36.2 Å². The molecule has 0 saturated heterocycles. The Morgan fingerprint density at radius 3 is 2.71 bits per heavy atom. The molecular weight excluding hydrogens is 308 g/mol. The minimum atomic E-state index is -0.436. The maximum absolute atomic E-state index is 12.0. The summed E-state index contributed by atoms with van der Waals surface area (Å²) in [6.07, 6.45) is 3.49. The number of nitriles is 1. The fourth-order valence-corrected chi connectivity index (χ4v) is 2.12. The molecule has 1 heterocycles. The van der Waals surface area contributed by atoms with Crippen molar-refractivity contribution < 1.29 is 18.7 Å². The van der Waals surface area contributed by atoms with Crippen molar-refractivity contribution in [2.24, 2.45) is 0 Å². The predicted molar refractivity (Wildman–Crippen MR) is 88.6 cm³/mol. The maximum Gasteiger partial charge on any atom is 0.262 e. The van der Waals surface area contributed by atoms with E-state index in [-0.39, 0.29) is 5.57 Å². The van der Waals surface area contributed by atoms with E-state index in [1.54, 1.807) is 26.4 Å². The number of methoxy groups -OCH3 is 2. The van der Waals surface area contributed by atoms with E-state index < -0.39 is 5.91 Å². The van der Waals surface area contributed by atoms with Crippen LogP contribution in [0.1, 0.15) is 11.3 Å². The number of amides is 1. The molecule has 24 heavy (non-hydrogen) atoms. The number of ether oxygens (including phenoxy) is 2. The van der Waals surface area contributed by atoms with Gasteiger partial charge in [-0.15, -0.1) is 0 Å². The normalized spacial score (nSPS) is 10.8. The SMILES string of the molecule is COc1ccc(CCNC(=O)/C(C#N)=C/c2ccco2)cc1OC. The van der Waals surface area contributed by atoms with Crippen LogP contribution in [0, 0.1) is 11.3 Å². The van der Waals surface area contributed by atoms with E-state index in [0.717, 1.165) is 5.56 Å². The number of nitrogens with zero attached hydrogens (tertiary/aromatic N) is 1.